The average molecular weight is 524 g/mol. The number of likely N-dealkylation sites (tertiary alicyclic amines) is 1. The molecule has 32 heavy (non-hydrogen) atoms. The number of piperidine rings is 1. The molecule has 0 radical (unpaired) electrons. The van der Waals surface area contributed by atoms with E-state index in [1.807, 2.05) is 12.1 Å². The van der Waals surface area contributed by atoms with Gasteiger partial charge in [-0.15, -0.1) is 0 Å². The van der Waals surface area contributed by atoms with Gasteiger partial charge in [-0.25, -0.2) is 8.42 Å². The molecule has 1 saturated heterocycles. The summed E-state index contributed by atoms with van der Waals surface area (Å²) >= 11 is 3.33. The first-order valence-electron chi connectivity index (χ1n) is 11.6. The number of hydrogen-bond donors (Lipinski definition) is 0. The van der Waals surface area contributed by atoms with Gasteiger partial charge in [0.2, 0.25) is 0 Å². The van der Waals surface area contributed by atoms with E-state index in [-0.39, 0.29) is 4.90 Å². The van der Waals surface area contributed by atoms with Crippen molar-refractivity contribution in [1.29, 1.82) is 0 Å². The molecule has 0 aromatic heterocycles. The zero-order chi connectivity index (χ0) is 23.0. The summed E-state index contributed by atoms with van der Waals surface area (Å²) in [6, 6.07) is 14.6. The number of benzene rings is 2. The minimum absolute atomic E-state index is 0.262. The van der Waals surface area contributed by atoms with Crippen LogP contribution < -0.4 is 9.04 Å². The summed E-state index contributed by atoms with van der Waals surface area (Å²) in [7, 11) is -2.03. The van der Waals surface area contributed by atoms with Crippen LogP contribution in [-0.2, 0) is 10.0 Å². The van der Waals surface area contributed by atoms with Crippen LogP contribution in [-0.4, -0.2) is 46.1 Å². The molecule has 1 fully saturated rings. The van der Waals surface area contributed by atoms with Crippen molar-refractivity contribution >= 4 is 31.6 Å². The molecule has 3 rings (SSSR count). The molecule has 1 unspecified atom stereocenters. The second-order valence-corrected chi connectivity index (χ2v) is 11.4. The van der Waals surface area contributed by atoms with Crippen molar-refractivity contribution in [2.24, 2.45) is 0 Å². The van der Waals surface area contributed by atoms with E-state index in [0.29, 0.717) is 12.3 Å². The SMILES string of the molecule is CC1CCCCN1CCCCCCOc1ccc(N(C)S(=O)(=O)c2ccc(Br)cc2)cc1. The van der Waals surface area contributed by atoms with E-state index in [0.717, 1.165) is 22.7 Å². The normalized spacial score (nSPS) is 17.3. The predicted octanol–water partition coefficient (Wildman–Crippen LogP) is 6.09. The molecule has 0 aliphatic carbocycles. The molecule has 1 aliphatic rings. The number of rotatable bonds is 11. The highest BCUT2D eigenvalue weighted by molar-refractivity contribution is 9.10. The van der Waals surface area contributed by atoms with Crippen LogP contribution in [0.3, 0.4) is 0 Å². The molecular weight excluding hydrogens is 488 g/mol. The first kappa shape index (κ1) is 25.1. The van der Waals surface area contributed by atoms with Gasteiger partial charge in [-0.05, 0) is 94.2 Å². The fourth-order valence-electron chi connectivity index (χ4n) is 4.11. The molecular formula is C25H35BrN2O3S. The molecule has 1 aliphatic heterocycles. The van der Waals surface area contributed by atoms with Gasteiger partial charge in [0.25, 0.3) is 10.0 Å². The third kappa shape index (κ3) is 6.96. The monoisotopic (exact) mass is 522 g/mol. The lowest BCUT2D eigenvalue weighted by Gasteiger charge is -2.33. The topological polar surface area (TPSA) is 49.9 Å². The van der Waals surface area contributed by atoms with Crippen LogP contribution >= 0.6 is 15.9 Å². The predicted molar refractivity (Wildman–Crippen MR) is 135 cm³/mol. The first-order valence-corrected chi connectivity index (χ1v) is 13.8. The average Bonchev–Trinajstić information content (AvgIpc) is 2.80. The van der Waals surface area contributed by atoms with Gasteiger partial charge in [0.15, 0.2) is 0 Å². The van der Waals surface area contributed by atoms with Gasteiger partial charge in [-0.3, -0.25) is 4.31 Å². The molecule has 0 saturated carbocycles. The summed E-state index contributed by atoms with van der Waals surface area (Å²) in [5, 5.41) is 0. The van der Waals surface area contributed by atoms with Crippen molar-refractivity contribution in [2.75, 3.05) is 31.0 Å². The molecule has 176 valence electrons. The van der Waals surface area contributed by atoms with E-state index in [9.17, 15) is 8.42 Å². The largest absolute Gasteiger partial charge is 0.494 e. The third-order valence-corrected chi connectivity index (χ3v) is 8.55. The Kier molecular flexibility index (Phi) is 9.44. The number of halogens is 1. The lowest BCUT2D eigenvalue weighted by atomic mass is 10.0. The molecule has 1 atom stereocenters. The lowest BCUT2D eigenvalue weighted by molar-refractivity contribution is 0.157. The van der Waals surface area contributed by atoms with E-state index >= 15 is 0 Å². The standard InChI is InChI=1S/C25H35BrN2O3S/c1-21-9-5-7-19-28(21)18-6-3-4-8-20-31-24-14-12-23(13-15-24)27(2)32(29,30)25-16-10-22(26)11-17-25/h10-17,21H,3-9,18-20H2,1-2H3. The van der Waals surface area contributed by atoms with Gasteiger partial charge >= 0.3 is 0 Å². The fourth-order valence-corrected chi connectivity index (χ4v) is 5.57. The van der Waals surface area contributed by atoms with E-state index in [4.69, 9.17) is 4.74 Å². The van der Waals surface area contributed by atoms with Crippen LogP contribution in [0.4, 0.5) is 5.69 Å². The highest BCUT2D eigenvalue weighted by atomic mass is 79.9. The van der Waals surface area contributed by atoms with Gasteiger partial charge in [0, 0.05) is 17.6 Å². The number of anilines is 1. The van der Waals surface area contributed by atoms with Gasteiger partial charge in [-0.2, -0.15) is 0 Å². The summed E-state index contributed by atoms with van der Waals surface area (Å²) in [6.07, 6.45) is 8.79. The van der Waals surface area contributed by atoms with Crippen molar-refractivity contribution in [2.45, 2.75) is 62.8 Å². The first-order chi connectivity index (χ1) is 15.4. The zero-order valence-corrected chi connectivity index (χ0v) is 21.6. The molecule has 7 heteroatoms. The minimum Gasteiger partial charge on any atom is -0.494 e. The maximum Gasteiger partial charge on any atom is 0.264 e. The number of unbranched alkanes of at least 4 members (excludes halogenated alkanes) is 3. The molecule has 5 nitrogen and oxygen atoms in total. The second kappa shape index (κ2) is 12.1. The second-order valence-electron chi connectivity index (χ2n) is 8.56. The van der Waals surface area contributed by atoms with E-state index < -0.39 is 10.0 Å². The lowest BCUT2D eigenvalue weighted by Crippen LogP contribution is -2.37. The molecule has 0 spiro atoms. The van der Waals surface area contributed by atoms with Crippen molar-refractivity contribution in [3.63, 3.8) is 0 Å². The van der Waals surface area contributed by atoms with Crippen LogP contribution in [0.5, 0.6) is 5.75 Å². The van der Waals surface area contributed by atoms with Gasteiger partial charge < -0.3 is 9.64 Å². The number of ether oxygens (including phenoxy) is 1. The van der Waals surface area contributed by atoms with Crippen molar-refractivity contribution in [3.8, 4) is 5.75 Å². The molecule has 0 bridgehead atoms. The van der Waals surface area contributed by atoms with E-state index in [1.165, 1.54) is 55.9 Å². The van der Waals surface area contributed by atoms with Crippen LogP contribution in [0.25, 0.3) is 0 Å². The Bertz CT molecular complexity index is 933. The smallest absolute Gasteiger partial charge is 0.264 e. The fraction of sp³-hybridized carbons (Fsp3) is 0.520. The maximum atomic E-state index is 12.8. The van der Waals surface area contributed by atoms with Crippen LogP contribution in [0.1, 0.15) is 51.9 Å². The third-order valence-electron chi connectivity index (χ3n) is 6.22. The van der Waals surface area contributed by atoms with E-state index in [1.54, 1.807) is 43.4 Å². The minimum atomic E-state index is -3.60. The van der Waals surface area contributed by atoms with E-state index in [2.05, 4.69) is 27.8 Å². The quantitative estimate of drug-likeness (QED) is 0.335. The maximum absolute atomic E-state index is 12.8. The molecule has 0 N–H and O–H groups in total. The molecule has 2 aromatic carbocycles. The van der Waals surface area contributed by atoms with Gasteiger partial charge in [0.1, 0.15) is 5.75 Å². The Balaban J connectivity index is 1.38. The number of nitrogens with zero attached hydrogens (tertiary/aromatic N) is 2. The molecule has 2 aromatic rings. The Labute approximate surface area is 201 Å². The van der Waals surface area contributed by atoms with Crippen LogP contribution in [0.15, 0.2) is 57.9 Å². The summed E-state index contributed by atoms with van der Waals surface area (Å²) in [4.78, 5) is 2.90. The Morgan fingerprint density at radius 1 is 1.00 bits per heavy atom. The summed E-state index contributed by atoms with van der Waals surface area (Å²) in [6.45, 7) is 5.53. The van der Waals surface area contributed by atoms with Crippen LogP contribution in [0, 0.1) is 0 Å². The van der Waals surface area contributed by atoms with Crippen molar-refractivity contribution in [3.05, 3.63) is 53.0 Å². The van der Waals surface area contributed by atoms with Crippen LogP contribution in [0.2, 0.25) is 0 Å². The Morgan fingerprint density at radius 3 is 2.38 bits per heavy atom. The number of hydrogen-bond acceptors (Lipinski definition) is 4. The summed E-state index contributed by atoms with van der Waals surface area (Å²) < 4.78 is 33.6. The van der Waals surface area contributed by atoms with Gasteiger partial charge in [0.05, 0.1) is 17.2 Å². The summed E-state index contributed by atoms with van der Waals surface area (Å²) in [5.74, 6) is 0.769. The highest BCUT2D eigenvalue weighted by Gasteiger charge is 2.21. The zero-order valence-electron chi connectivity index (χ0n) is 19.2. The molecule has 0 amide bonds. The van der Waals surface area contributed by atoms with Gasteiger partial charge in [-0.1, -0.05) is 35.2 Å². The Morgan fingerprint density at radius 2 is 1.69 bits per heavy atom. The van der Waals surface area contributed by atoms with Crippen molar-refractivity contribution < 1.29 is 13.2 Å². The summed E-state index contributed by atoms with van der Waals surface area (Å²) in [5.41, 5.74) is 0.604. The van der Waals surface area contributed by atoms with Crippen molar-refractivity contribution in [1.82, 2.24) is 4.90 Å². The Hall–Kier alpha value is -1.57. The highest BCUT2D eigenvalue weighted by Crippen LogP contribution is 2.25. The molecule has 1 heterocycles. The number of sulfonamides is 1.